The predicted molar refractivity (Wildman–Crippen MR) is 109 cm³/mol. The van der Waals surface area contributed by atoms with Crippen molar-refractivity contribution in [3.63, 3.8) is 0 Å². The molecule has 1 aromatic heterocycles. The molecule has 0 spiro atoms. The summed E-state index contributed by atoms with van der Waals surface area (Å²) in [6.07, 6.45) is 4.26. The van der Waals surface area contributed by atoms with E-state index in [2.05, 4.69) is 52.8 Å². The number of rotatable bonds is 5. The first-order chi connectivity index (χ1) is 12.5. The summed E-state index contributed by atoms with van der Waals surface area (Å²) >= 11 is 1.72. The third kappa shape index (κ3) is 4.68. The molecule has 0 amide bonds. The Hall–Kier alpha value is -1.93. The largest absolute Gasteiger partial charge is 1.00 e. The number of thiazole rings is 1. The Morgan fingerprint density at radius 2 is 1.85 bits per heavy atom. The minimum Gasteiger partial charge on any atom is -1.00 e. The molecule has 0 saturated heterocycles. The Balaban J connectivity index is 0.00000261. The molecule has 0 atom stereocenters. The maximum atomic E-state index is 11.8. The fourth-order valence-electron chi connectivity index (χ4n) is 2.85. The molecular weight excluding hydrogens is 471 g/mol. The highest BCUT2D eigenvalue weighted by Gasteiger charge is 2.19. The first kappa shape index (κ1) is 21.4. The molecular formula is C21H23IN2O2S. The Kier molecular flexibility index (Phi) is 7.38. The number of aryl methyl sites for hydroxylation is 1. The molecule has 0 unspecified atom stereocenters. The molecule has 1 heterocycles. The maximum Gasteiger partial charge on any atom is 0.338 e. The number of carbonyl (C=O) groups is 1. The molecule has 0 fully saturated rings. The molecule has 4 nitrogen and oxygen atoms in total. The number of carbonyl (C=O) groups excluding carboxylic acids is 1. The second-order valence-corrected chi connectivity index (χ2v) is 7.24. The SMILES string of the molecule is CC[n+]1c(/C=C/c2ccc(N(C)C)cc2)sc2ccc(C(=O)OC)cc21.[I-]. The van der Waals surface area contributed by atoms with Crippen LogP contribution in [0.1, 0.15) is 27.9 Å². The first-order valence-electron chi connectivity index (χ1n) is 8.53. The van der Waals surface area contributed by atoms with Crippen LogP contribution < -0.4 is 33.4 Å². The van der Waals surface area contributed by atoms with Crippen LogP contribution in [0.3, 0.4) is 0 Å². The number of nitrogens with zero attached hydrogens (tertiary/aromatic N) is 2. The normalized spacial score (nSPS) is 10.8. The quantitative estimate of drug-likeness (QED) is 0.304. The summed E-state index contributed by atoms with van der Waals surface area (Å²) in [5, 5.41) is 1.15. The van der Waals surface area contributed by atoms with Crippen LogP contribution in [0.15, 0.2) is 42.5 Å². The van der Waals surface area contributed by atoms with Gasteiger partial charge in [0.1, 0.15) is 11.2 Å². The number of hydrogen-bond acceptors (Lipinski definition) is 4. The van der Waals surface area contributed by atoms with Gasteiger partial charge in [-0.25, -0.2) is 4.79 Å². The van der Waals surface area contributed by atoms with Crippen molar-refractivity contribution in [1.82, 2.24) is 0 Å². The summed E-state index contributed by atoms with van der Waals surface area (Å²) < 4.78 is 8.21. The predicted octanol–water partition coefficient (Wildman–Crippen LogP) is 1.24. The van der Waals surface area contributed by atoms with Crippen LogP contribution in [-0.2, 0) is 11.3 Å². The third-order valence-corrected chi connectivity index (χ3v) is 5.43. The lowest BCUT2D eigenvalue weighted by atomic mass is 10.2. The van der Waals surface area contributed by atoms with Crippen molar-refractivity contribution in [3.8, 4) is 0 Å². The Morgan fingerprint density at radius 1 is 1.15 bits per heavy atom. The van der Waals surface area contributed by atoms with Crippen molar-refractivity contribution in [1.29, 1.82) is 0 Å². The van der Waals surface area contributed by atoms with Gasteiger partial charge in [0.25, 0.3) is 5.01 Å². The molecule has 0 N–H and O–H groups in total. The molecule has 3 rings (SSSR count). The molecule has 0 aliphatic rings. The molecule has 3 aromatic rings. The molecule has 142 valence electrons. The molecule has 6 heteroatoms. The van der Waals surface area contributed by atoms with Gasteiger partial charge in [0, 0.05) is 31.9 Å². The highest BCUT2D eigenvalue weighted by Crippen LogP contribution is 2.24. The fourth-order valence-corrected chi connectivity index (χ4v) is 3.96. The van der Waals surface area contributed by atoms with Crippen LogP contribution in [0.25, 0.3) is 22.4 Å². The van der Waals surface area contributed by atoms with E-state index >= 15 is 0 Å². The van der Waals surface area contributed by atoms with E-state index in [1.54, 1.807) is 11.3 Å². The van der Waals surface area contributed by atoms with Crippen LogP contribution in [0.5, 0.6) is 0 Å². The van der Waals surface area contributed by atoms with E-state index in [9.17, 15) is 4.79 Å². The second-order valence-electron chi connectivity index (χ2n) is 6.18. The summed E-state index contributed by atoms with van der Waals surface area (Å²) in [5.41, 5.74) is 3.98. The second kappa shape index (κ2) is 9.32. The van der Waals surface area contributed by atoms with Gasteiger partial charge in [-0.15, -0.1) is 0 Å². The van der Waals surface area contributed by atoms with Gasteiger partial charge in [0.15, 0.2) is 0 Å². The molecule has 27 heavy (non-hydrogen) atoms. The maximum absolute atomic E-state index is 11.8. The zero-order chi connectivity index (χ0) is 18.7. The summed E-state index contributed by atoms with van der Waals surface area (Å²) in [5.74, 6) is -0.307. The number of hydrogen-bond donors (Lipinski definition) is 0. The van der Waals surface area contributed by atoms with Gasteiger partial charge < -0.3 is 33.6 Å². The molecule has 0 radical (unpaired) electrons. The Morgan fingerprint density at radius 3 is 2.44 bits per heavy atom. The summed E-state index contributed by atoms with van der Waals surface area (Å²) in [7, 11) is 5.48. The lowest BCUT2D eigenvalue weighted by Crippen LogP contribution is -3.00. The zero-order valence-corrected chi connectivity index (χ0v) is 18.9. The van der Waals surface area contributed by atoms with E-state index in [0.29, 0.717) is 5.56 Å². The number of methoxy groups -OCH3 is 1. The van der Waals surface area contributed by atoms with Gasteiger partial charge in [-0.05, 0) is 42.8 Å². The smallest absolute Gasteiger partial charge is 0.338 e. The van der Waals surface area contributed by atoms with Gasteiger partial charge >= 0.3 is 5.97 Å². The monoisotopic (exact) mass is 494 g/mol. The van der Waals surface area contributed by atoms with E-state index in [1.807, 2.05) is 32.3 Å². The van der Waals surface area contributed by atoms with Crippen molar-refractivity contribution in [2.24, 2.45) is 0 Å². The minimum absolute atomic E-state index is 0. The average Bonchev–Trinajstić information content (AvgIpc) is 3.02. The lowest BCUT2D eigenvalue weighted by Gasteiger charge is -2.11. The summed E-state index contributed by atoms with van der Waals surface area (Å²) in [6, 6.07) is 14.2. The number of esters is 1. The first-order valence-corrected chi connectivity index (χ1v) is 9.35. The van der Waals surface area contributed by atoms with Crippen LogP contribution in [0.2, 0.25) is 0 Å². The van der Waals surface area contributed by atoms with Crippen LogP contribution in [-0.4, -0.2) is 27.2 Å². The highest BCUT2D eigenvalue weighted by atomic mass is 127. The number of anilines is 1. The van der Waals surface area contributed by atoms with Crippen LogP contribution in [0, 0.1) is 0 Å². The van der Waals surface area contributed by atoms with Crippen LogP contribution >= 0.6 is 11.3 Å². The Bertz CT molecular complexity index is 962. The minimum atomic E-state index is -0.307. The number of halogens is 1. The van der Waals surface area contributed by atoms with Crippen molar-refractivity contribution < 1.29 is 38.1 Å². The molecule has 0 bridgehead atoms. The Labute approximate surface area is 181 Å². The number of benzene rings is 2. The standard InChI is InChI=1S/C21H23N2O2S.HI/c1-5-23-18-14-16(21(24)25-4)9-12-19(18)26-20(23)13-8-15-6-10-17(11-7-15)22(2)3;/h6-14H,5H2,1-4H3;1H/q+1;/p-1. The van der Waals surface area contributed by atoms with Gasteiger partial charge in [-0.3, -0.25) is 0 Å². The lowest BCUT2D eigenvalue weighted by molar-refractivity contribution is -0.665. The average molecular weight is 494 g/mol. The van der Waals surface area contributed by atoms with Gasteiger partial charge in [-0.1, -0.05) is 23.5 Å². The van der Waals surface area contributed by atoms with E-state index < -0.39 is 0 Å². The van der Waals surface area contributed by atoms with Crippen LogP contribution in [0.4, 0.5) is 5.69 Å². The number of ether oxygens (including phenoxy) is 1. The molecule has 0 saturated carbocycles. The zero-order valence-electron chi connectivity index (χ0n) is 15.9. The van der Waals surface area contributed by atoms with Gasteiger partial charge in [0.05, 0.1) is 12.7 Å². The topological polar surface area (TPSA) is 33.4 Å². The fraction of sp³-hybridized carbons (Fsp3) is 0.238. The van der Waals surface area contributed by atoms with E-state index in [1.165, 1.54) is 12.8 Å². The van der Waals surface area contributed by atoms with E-state index in [0.717, 1.165) is 27.3 Å². The summed E-state index contributed by atoms with van der Waals surface area (Å²) in [4.78, 5) is 13.9. The number of aromatic nitrogens is 1. The van der Waals surface area contributed by atoms with Crippen molar-refractivity contribution in [2.45, 2.75) is 13.5 Å². The molecule has 0 aliphatic heterocycles. The van der Waals surface area contributed by atoms with Gasteiger partial charge in [0.2, 0.25) is 5.52 Å². The van der Waals surface area contributed by atoms with E-state index in [-0.39, 0.29) is 29.9 Å². The highest BCUT2D eigenvalue weighted by molar-refractivity contribution is 7.18. The third-order valence-electron chi connectivity index (χ3n) is 4.30. The van der Waals surface area contributed by atoms with Gasteiger partial charge in [-0.2, -0.15) is 4.57 Å². The van der Waals surface area contributed by atoms with Crippen molar-refractivity contribution in [2.75, 3.05) is 26.1 Å². The van der Waals surface area contributed by atoms with Crippen molar-refractivity contribution in [3.05, 3.63) is 58.6 Å². The summed E-state index contributed by atoms with van der Waals surface area (Å²) in [6.45, 7) is 2.95. The van der Waals surface area contributed by atoms with E-state index in [4.69, 9.17) is 4.74 Å². The molecule has 2 aromatic carbocycles. The number of fused-ring (bicyclic) bond motifs is 1. The molecule has 0 aliphatic carbocycles. The van der Waals surface area contributed by atoms with Crippen molar-refractivity contribution >= 4 is 45.4 Å².